The first-order valence-electron chi connectivity index (χ1n) is 3.89. The molecule has 0 heterocycles. The summed E-state index contributed by atoms with van der Waals surface area (Å²) in [5.41, 5.74) is 0.566. The third-order valence-electron chi connectivity index (χ3n) is 1.73. The SMILES string of the molecule is C=C(C)C(=O)SC(C)(CC)OC. The highest BCUT2D eigenvalue weighted by molar-refractivity contribution is 8.15. The first-order chi connectivity index (χ1) is 5.45. The second kappa shape index (κ2) is 4.67. The van der Waals surface area contributed by atoms with Crippen LogP contribution in [0.1, 0.15) is 27.2 Å². The molecule has 0 saturated carbocycles. The van der Waals surface area contributed by atoms with Crippen LogP contribution >= 0.6 is 11.8 Å². The molecule has 2 nitrogen and oxygen atoms in total. The molecule has 0 fully saturated rings. The van der Waals surface area contributed by atoms with Crippen LogP contribution in [0.2, 0.25) is 0 Å². The van der Waals surface area contributed by atoms with E-state index in [1.807, 2.05) is 13.8 Å². The highest BCUT2D eigenvalue weighted by atomic mass is 32.2. The van der Waals surface area contributed by atoms with Crippen LogP contribution in [0.25, 0.3) is 0 Å². The maximum absolute atomic E-state index is 11.3. The van der Waals surface area contributed by atoms with Gasteiger partial charge in [-0.3, -0.25) is 4.79 Å². The molecule has 1 unspecified atom stereocenters. The number of rotatable bonds is 4. The molecule has 0 N–H and O–H groups in total. The van der Waals surface area contributed by atoms with Crippen molar-refractivity contribution < 1.29 is 9.53 Å². The molecule has 0 bridgehead atoms. The summed E-state index contributed by atoms with van der Waals surface area (Å²) in [7, 11) is 1.61. The molecule has 0 aliphatic rings. The first kappa shape index (κ1) is 11.7. The van der Waals surface area contributed by atoms with Gasteiger partial charge in [0.05, 0.1) is 0 Å². The fourth-order valence-corrected chi connectivity index (χ4v) is 1.34. The Morgan fingerprint density at radius 3 is 2.42 bits per heavy atom. The van der Waals surface area contributed by atoms with Gasteiger partial charge in [-0.15, -0.1) is 0 Å². The Bertz CT molecular complexity index is 183. The minimum absolute atomic E-state index is 0.00111. The molecule has 0 aromatic heterocycles. The molecule has 70 valence electrons. The lowest BCUT2D eigenvalue weighted by atomic mass is 10.3. The summed E-state index contributed by atoms with van der Waals surface area (Å²) in [6, 6.07) is 0. The van der Waals surface area contributed by atoms with Crippen LogP contribution in [0.3, 0.4) is 0 Å². The number of thioether (sulfide) groups is 1. The number of ether oxygens (including phenoxy) is 1. The van der Waals surface area contributed by atoms with Crippen molar-refractivity contribution in [3.05, 3.63) is 12.2 Å². The second-order valence-corrected chi connectivity index (χ2v) is 4.30. The van der Waals surface area contributed by atoms with E-state index in [0.29, 0.717) is 5.57 Å². The second-order valence-electron chi connectivity index (χ2n) is 2.86. The number of carbonyl (C=O) groups excluding carboxylic acids is 1. The van der Waals surface area contributed by atoms with Crippen LogP contribution in [0.5, 0.6) is 0 Å². The predicted octanol–water partition coefficient (Wildman–Crippen LogP) is 2.59. The smallest absolute Gasteiger partial charge is 0.217 e. The predicted molar refractivity (Wildman–Crippen MR) is 53.1 cm³/mol. The van der Waals surface area contributed by atoms with Gasteiger partial charge >= 0.3 is 0 Å². The van der Waals surface area contributed by atoms with Gasteiger partial charge in [0.25, 0.3) is 0 Å². The molecule has 1 atom stereocenters. The summed E-state index contributed by atoms with van der Waals surface area (Å²) < 4.78 is 5.21. The Labute approximate surface area is 78.4 Å². The number of carbonyl (C=O) groups is 1. The van der Waals surface area contributed by atoms with Crippen molar-refractivity contribution in [2.24, 2.45) is 0 Å². The van der Waals surface area contributed by atoms with E-state index in [4.69, 9.17) is 4.74 Å². The molecule has 0 aromatic rings. The standard InChI is InChI=1S/C9H16O2S/c1-6-9(4,11-5)12-8(10)7(2)3/h2,6H2,1,3-5H3. The van der Waals surface area contributed by atoms with Crippen LogP contribution in [-0.2, 0) is 9.53 Å². The third-order valence-corrected chi connectivity index (χ3v) is 3.15. The molecular formula is C9H16O2S. The van der Waals surface area contributed by atoms with E-state index in [1.165, 1.54) is 11.8 Å². The summed E-state index contributed by atoms with van der Waals surface area (Å²) in [6.07, 6.45) is 0.799. The highest BCUT2D eigenvalue weighted by Crippen LogP contribution is 2.31. The summed E-state index contributed by atoms with van der Waals surface area (Å²) >= 11 is 1.19. The van der Waals surface area contributed by atoms with Crippen molar-refractivity contribution in [1.29, 1.82) is 0 Å². The van der Waals surface area contributed by atoms with Gasteiger partial charge in [0.1, 0.15) is 4.93 Å². The van der Waals surface area contributed by atoms with Crippen LogP contribution in [0.4, 0.5) is 0 Å². The molecule has 0 saturated heterocycles. The van der Waals surface area contributed by atoms with E-state index >= 15 is 0 Å². The lowest BCUT2D eigenvalue weighted by Crippen LogP contribution is -2.23. The van der Waals surface area contributed by atoms with Gasteiger partial charge in [-0.05, 0) is 37.6 Å². The van der Waals surface area contributed by atoms with E-state index in [-0.39, 0.29) is 5.12 Å². The number of hydrogen-bond acceptors (Lipinski definition) is 3. The summed E-state index contributed by atoms with van der Waals surface area (Å²) in [6.45, 7) is 9.18. The lowest BCUT2D eigenvalue weighted by Gasteiger charge is -2.24. The van der Waals surface area contributed by atoms with Gasteiger partial charge in [-0.25, -0.2) is 0 Å². The van der Waals surface area contributed by atoms with Crippen molar-refractivity contribution >= 4 is 16.9 Å². The Hall–Kier alpha value is -0.280. The van der Waals surface area contributed by atoms with Crippen LogP contribution < -0.4 is 0 Å². The lowest BCUT2D eigenvalue weighted by molar-refractivity contribution is -0.108. The summed E-state index contributed by atoms with van der Waals surface area (Å²) in [5, 5.41) is 0.00111. The average molecular weight is 188 g/mol. The van der Waals surface area contributed by atoms with Gasteiger partial charge in [0.2, 0.25) is 5.12 Å². The molecule has 0 aromatic carbocycles. The number of hydrogen-bond donors (Lipinski definition) is 0. The summed E-state index contributed by atoms with van der Waals surface area (Å²) in [4.78, 5) is 10.9. The van der Waals surface area contributed by atoms with Crippen molar-refractivity contribution in [3.8, 4) is 0 Å². The molecule has 0 aliphatic heterocycles. The van der Waals surface area contributed by atoms with E-state index < -0.39 is 4.93 Å². The van der Waals surface area contributed by atoms with Crippen molar-refractivity contribution in [2.75, 3.05) is 7.11 Å². The Morgan fingerprint density at radius 2 is 2.17 bits per heavy atom. The van der Waals surface area contributed by atoms with E-state index in [9.17, 15) is 4.79 Å². The van der Waals surface area contributed by atoms with E-state index in [0.717, 1.165) is 6.42 Å². The Kier molecular flexibility index (Phi) is 4.57. The fraction of sp³-hybridized carbons (Fsp3) is 0.667. The molecule has 0 spiro atoms. The zero-order valence-electron chi connectivity index (χ0n) is 8.14. The van der Waals surface area contributed by atoms with Crippen molar-refractivity contribution in [2.45, 2.75) is 32.1 Å². The van der Waals surface area contributed by atoms with Crippen molar-refractivity contribution in [1.82, 2.24) is 0 Å². The van der Waals surface area contributed by atoms with E-state index in [2.05, 4.69) is 6.58 Å². The van der Waals surface area contributed by atoms with Gasteiger partial charge in [0.15, 0.2) is 0 Å². The van der Waals surface area contributed by atoms with Gasteiger partial charge in [-0.2, -0.15) is 0 Å². The number of methoxy groups -OCH3 is 1. The fourth-order valence-electron chi connectivity index (χ4n) is 0.541. The zero-order chi connectivity index (χ0) is 9.78. The quantitative estimate of drug-likeness (QED) is 0.501. The Morgan fingerprint density at radius 1 is 1.67 bits per heavy atom. The molecule has 0 amide bonds. The summed E-state index contributed by atoms with van der Waals surface area (Å²) in [5.74, 6) is 0. The molecule has 0 aliphatic carbocycles. The van der Waals surface area contributed by atoms with Gasteiger partial charge in [0, 0.05) is 7.11 Å². The van der Waals surface area contributed by atoms with Crippen LogP contribution in [0.15, 0.2) is 12.2 Å². The highest BCUT2D eigenvalue weighted by Gasteiger charge is 2.25. The van der Waals surface area contributed by atoms with Crippen LogP contribution in [0, 0.1) is 0 Å². The largest absolute Gasteiger partial charge is 0.367 e. The topological polar surface area (TPSA) is 26.3 Å². The average Bonchev–Trinajstić information content (AvgIpc) is 2.04. The molecule has 12 heavy (non-hydrogen) atoms. The van der Waals surface area contributed by atoms with E-state index in [1.54, 1.807) is 14.0 Å². The molecule has 0 radical (unpaired) electrons. The third kappa shape index (κ3) is 3.41. The molecule has 3 heteroatoms. The maximum Gasteiger partial charge on any atom is 0.217 e. The monoisotopic (exact) mass is 188 g/mol. The zero-order valence-corrected chi connectivity index (χ0v) is 8.96. The molecule has 0 rings (SSSR count). The van der Waals surface area contributed by atoms with Gasteiger partial charge < -0.3 is 4.74 Å². The minimum atomic E-state index is -0.407. The first-order valence-corrected chi connectivity index (χ1v) is 4.71. The Balaban J connectivity index is 4.21. The maximum atomic E-state index is 11.3. The van der Waals surface area contributed by atoms with Crippen LogP contribution in [-0.4, -0.2) is 17.2 Å². The van der Waals surface area contributed by atoms with Crippen molar-refractivity contribution in [3.63, 3.8) is 0 Å². The normalized spacial score (nSPS) is 15.3. The molecular weight excluding hydrogens is 172 g/mol. The van der Waals surface area contributed by atoms with Gasteiger partial charge in [-0.1, -0.05) is 13.5 Å². The minimum Gasteiger partial charge on any atom is -0.367 e.